The molecule has 3 heteroatoms. The molecule has 0 aliphatic carbocycles. The third-order valence-corrected chi connectivity index (χ3v) is 2.71. The van der Waals surface area contributed by atoms with Crippen LogP contribution in [0.15, 0.2) is 42.6 Å². The van der Waals surface area contributed by atoms with Gasteiger partial charge in [0.05, 0.1) is 6.04 Å². The number of hydrogen-bond acceptors (Lipinski definition) is 2. The van der Waals surface area contributed by atoms with Crippen LogP contribution in [0.3, 0.4) is 0 Å². The van der Waals surface area contributed by atoms with Gasteiger partial charge in [-0.3, -0.25) is 0 Å². The van der Waals surface area contributed by atoms with Gasteiger partial charge in [-0.1, -0.05) is 18.2 Å². The highest BCUT2D eigenvalue weighted by molar-refractivity contribution is 5.44. The van der Waals surface area contributed by atoms with Crippen molar-refractivity contribution in [3.05, 3.63) is 59.5 Å². The molecule has 1 aromatic carbocycles. The van der Waals surface area contributed by atoms with Gasteiger partial charge in [0.2, 0.25) is 0 Å². The van der Waals surface area contributed by atoms with Gasteiger partial charge in [0, 0.05) is 6.20 Å². The molecule has 1 unspecified atom stereocenters. The smallest absolute Gasteiger partial charge is 0.129 e. The van der Waals surface area contributed by atoms with Crippen LogP contribution >= 0.6 is 0 Å². The molecule has 0 saturated heterocycles. The number of hydrogen-bond donors (Lipinski definition) is 1. The Morgan fingerprint density at radius 2 is 2.06 bits per heavy atom. The van der Waals surface area contributed by atoms with Crippen molar-refractivity contribution in [2.24, 2.45) is 0 Å². The number of pyridine rings is 1. The van der Waals surface area contributed by atoms with Crippen molar-refractivity contribution in [3.8, 4) is 0 Å². The molecule has 0 saturated carbocycles. The summed E-state index contributed by atoms with van der Waals surface area (Å²) in [6.07, 6.45) is 1.74. The van der Waals surface area contributed by atoms with E-state index in [9.17, 15) is 4.39 Å². The molecule has 0 bridgehead atoms. The molecular formula is C14H15FN2. The minimum absolute atomic E-state index is 0.0271. The number of aromatic nitrogens is 1. The maximum Gasteiger partial charge on any atom is 0.129 e. The van der Waals surface area contributed by atoms with Crippen LogP contribution in [-0.4, -0.2) is 4.98 Å². The number of benzene rings is 1. The van der Waals surface area contributed by atoms with Crippen molar-refractivity contribution >= 4 is 5.82 Å². The van der Waals surface area contributed by atoms with Crippen molar-refractivity contribution in [3.63, 3.8) is 0 Å². The highest BCUT2D eigenvalue weighted by Gasteiger charge is 2.07. The minimum atomic E-state index is -0.214. The van der Waals surface area contributed by atoms with Crippen LogP contribution in [0.4, 0.5) is 10.2 Å². The standard InChI is InChI=1S/C14H15FN2/c1-10-5-4-8-16-14(10)17-11(2)12-6-3-7-13(15)9-12/h3-9,11H,1-2H3,(H,16,17). The quantitative estimate of drug-likeness (QED) is 0.869. The van der Waals surface area contributed by atoms with Crippen molar-refractivity contribution in [1.29, 1.82) is 0 Å². The van der Waals surface area contributed by atoms with Crippen molar-refractivity contribution in [1.82, 2.24) is 4.98 Å². The van der Waals surface area contributed by atoms with E-state index < -0.39 is 0 Å². The van der Waals surface area contributed by atoms with Gasteiger partial charge in [0.25, 0.3) is 0 Å². The highest BCUT2D eigenvalue weighted by atomic mass is 19.1. The molecule has 1 heterocycles. The fraction of sp³-hybridized carbons (Fsp3) is 0.214. The zero-order valence-electron chi connectivity index (χ0n) is 9.94. The first-order chi connectivity index (χ1) is 8.16. The van der Waals surface area contributed by atoms with Gasteiger partial charge in [0.15, 0.2) is 0 Å². The van der Waals surface area contributed by atoms with E-state index in [-0.39, 0.29) is 11.9 Å². The Bertz CT molecular complexity index is 511. The van der Waals surface area contributed by atoms with Crippen LogP contribution in [0.25, 0.3) is 0 Å². The molecule has 0 aliphatic heterocycles. The van der Waals surface area contributed by atoms with E-state index in [1.807, 2.05) is 32.0 Å². The van der Waals surface area contributed by atoms with Crippen molar-refractivity contribution in [2.75, 3.05) is 5.32 Å². The third kappa shape index (κ3) is 2.81. The first-order valence-corrected chi connectivity index (χ1v) is 5.60. The minimum Gasteiger partial charge on any atom is -0.363 e. The van der Waals surface area contributed by atoms with Crippen molar-refractivity contribution < 1.29 is 4.39 Å². The molecule has 0 aliphatic rings. The van der Waals surface area contributed by atoms with Crippen LogP contribution < -0.4 is 5.32 Å². The number of nitrogens with one attached hydrogen (secondary N) is 1. The van der Waals surface area contributed by atoms with Crippen LogP contribution in [0.5, 0.6) is 0 Å². The Kier molecular flexibility index (Phi) is 3.38. The molecule has 0 fully saturated rings. The lowest BCUT2D eigenvalue weighted by atomic mass is 10.1. The molecule has 0 radical (unpaired) electrons. The lowest BCUT2D eigenvalue weighted by molar-refractivity contribution is 0.623. The highest BCUT2D eigenvalue weighted by Crippen LogP contribution is 2.20. The molecule has 0 amide bonds. The predicted octanol–water partition coefficient (Wildman–Crippen LogP) is 3.70. The molecule has 2 nitrogen and oxygen atoms in total. The number of rotatable bonds is 3. The van der Waals surface area contributed by atoms with Gasteiger partial charge in [-0.2, -0.15) is 0 Å². The van der Waals surface area contributed by atoms with E-state index in [2.05, 4.69) is 10.3 Å². The monoisotopic (exact) mass is 230 g/mol. The van der Waals surface area contributed by atoms with Crippen LogP contribution in [0.1, 0.15) is 24.1 Å². The number of halogens is 1. The van der Waals surface area contributed by atoms with Crippen molar-refractivity contribution in [2.45, 2.75) is 19.9 Å². The second-order valence-electron chi connectivity index (χ2n) is 4.09. The molecule has 2 rings (SSSR count). The van der Waals surface area contributed by atoms with Gasteiger partial charge < -0.3 is 5.32 Å². The predicted molar refractivity (Wildman–Crippen MR) is 67.4 cm³/mol. The molecule has 17 heavy (non-hydrogen) atoms. The molecule has 1 atom stereocenters. The summed E-state index contributed by atoms with van der Waals surface area (Å²) in [6.45, 7) is 3.98. The Morgan fingerprint density at radius 1 is 1.24 bits per heavy atom. The topological polar surface area (TPSA) is 24.9 Å². The number of anilines is 1. The van der Waals surface area contributed by atoms with Gasteiger partial charge in [-0.05, 0) is 43.2 Å². The Morgan fingerprint density at radius 3 is 2.76 bits per heavy atom. The maximum absolute atomic E-state index is 13.1. The van der Waals surface area contributed by atoms with E-state index in [1.165, 1.54) is 12.1 Å². The summed E-state index contributed by atoms with van der Waals surface area (Å²) >= 11 is 0. The van der Waals surface area contributed by atoms with E-state index in [4.69, 9.17) is 0 Å². The van der Waals surface area contributed by atoms with Crippen LogP contribution in [0.2, 0.25) is 0 Å². The fourth-order valence-corrected chi connectivity index (χ4v) is 1.70. The summed E-state index contributed by atoms with van der Waals surface area (Å²) in [6, 6.07) is 10.5. The van der Waals surface area contributed by atoms with Gasteiger partial charge in [0.1, 0.15) is 11.6 Å². The van der Waals surface area contributed by atoms with Gasteiger partial charge >= 0.3 is 0 Å². The van der Waals surface area contributed by atoms with Gasteiger partial charge in [-0.25, -0.2) is 9.37 Å². The van der Waals surface area contributed by atoms with E-state index in [1.54, 1.807) is 12.3 Å². The molecule has 88 valence electrons. The number of aryl methyl sites for hydroxylation is 1. The first kappa shape index (κ1) is 11.6. The summed E-state index contributed by atoms with van der Waals surface area (Å²) in [4.78, 5) is 4.26. The van der Waals surface area contributed by atoms with Crippen LogP contribution in [0, 0.1) is 12.7 Å². The maximum atomic E-state index is 13.1. The lowest BCUT2D eigenvalue weighted by Gasteiger charge is -2.16. The zero-order chi connectivity index (χ0) is 12.3. The molecule has 1 N–H and O–H groups in total. The SMILES string of the molecule is Cc1cccnc1NC(C)c1cccc(F)c1. The molecular weight excluding hydrogens is 215 g/mol. The largest absolute Gasteiger partial charge is 0.363 e. The van der Waals surface area contributed by atoms with E-state index in [0.29, 0.717) is 0 Å². The number of nitrogens with zero attached hydrogens (tertiary/aromatic N) is 1. The summed E-state index contributed by atoms with van der Waals surface area (Å²) < 4.78 is 13.1. The molecule has 1 aromatic heterocycles. The summed E-state index contributed by atoms with van der Waals surface area (Å²) in [7, 11) is 0. The average molecular weight is 230 g/mol. The molecule has 0 spiro atoms. The van der Waals surface area contributed by atoms with E-state index in [0.717, 1.165) is 16.9 Å². The van der Waals surface area contributed by atoms with E-state index >= 15 is 0 Å². The summed E-state index contributed by atoms with van der Waals surface area (Å²) in [5.74, 6) is 0.623. The second-order valence-corrected chi connectivity index (χ2v) is 4.09. The first-order valence-electron chi connectivity index (χ1n) is 5.60. The van der Waals surface area contributed by atoms with Crippen LogP contribution in [-0.2, 0) is 0 Å². The Labute approximate surface area is 101 Å². The Hall–Kier alpha value is -1.90. The lowest BCUT2D eigenvalue weighted by Crippen LogP contribution is -2.09. The zero-order valence-corrected chi connectivity index (χ0v) is 9.94. The summed E-state index contributed by atoms with van der Waals surface area (Å²) in [5.41, 5.74) is 1.99. The normalized spacial score (nSPS) is 12.2. The Balaban J connectivity index is 2.17. The second kappa shape index (κ2) is 4.95. The third-order valence-electron chi connectivity index (χ3n) is 2.71. The average Bonchev–Trinajstić information content (AvgIpc) is 2.32. The fourth-order valence-electron chi connectivity index (χ4n) is 1.70. The summed E-state index contributed by atoms with van der Waals surface area (Å²) in [5, 5.41) is 3.28. The van der Waals surface area contributed by atoms with Gasteiger partial charge in [-0.15, -0.1) is 0 Å². The molecule has 2 aromatic rings.